The van der Waals surface area contributed by atoms with Crippen LogP contribution in [-0.4, -0.2) is 58.8 Å². The van der Waals surface area contributed by atoms with E-state index in [4.69, 9.17) is 15.3 Å². The average Bonchev–Trinajstić information content (AvgIpc) is 3.26. The third-order valence-corrected chi connectivity index (χ3v) is 11.1. The maximum absolute atomic E-state index is 10.2. The molecule has 4 N–H and O–H groups in total. The minimum atomic E-state index is -1.08. The Kier molecular flexibility index (Phi) is 14.3. The van der Waals surface area contributed by atoms with Crippen molar-refractivity contribution < 1.29 is 34.8 Å². The van der Waals surface area contributed by atoms with E-state index < -0.39 is 11.9 Å². The van der Waals surface area contributed by atoms with Crippen LogP contribution in [0, 0.1) is 46.3 Å². The Balaban J connectivity index is 0.000000379. The lowest BCUT2D eigenvalue weighted by Gasteiger charge is -2.58. The van der Waals surface area contributed by atoms with Crippen LogP contribution in [0.15, 0.2) is 11.6 Å². The highest BCUT2D eigenvalue weighted by molar-refractivity contribution is 5.75. The predicted molar refractivity (Wildman–Crippen MR) is 163 cm³/mol. The summed E-state index contributed by atoms with van der Waals surface area (Å²) in [7, 11) is 1.55. The molecule has 7 nitrogen and oxygen atoms in total. The topological polar surface area (TPSA) is 124 Å². The number of carbonyl (C=O) groups is 2. The Hall–Kier alpha value is -1.44. The molecule has 3 fully saturated rings. The van der Waals surface area contributed by atoms with Crippen LogP contribution in [0.4, 0.5) is 0 Å². The minimum Gasteiger partial charge on any atom is -0.481 e. The van der Waals surface area contributed by atoms with E-state index in [-0.39, 0.29) is 25.6 Å². The van der Waals surface area contributed by atoms with Crippen molar-refractivity contribution in [1.82, 2.24) is 0 Å². The first-order chi connectivity index (χ1) is 19.3. The number of rotatable bonds is 10. The summed E-state index contributed by atoms with van der Waals surface area (Å²) >= 11 is 0. The number of carboxylic acid groups (broad SMARTS) is 2. The Labute approximate surface area is 249 Å². The van der Waals surface area contributed by atoms with Gasteiger partial charge in [-0.1, -0.05) is 65.5 Å². The van der Waals surface area contributed by atoms with Gasteiger partial charge < -0.3 is 25.2 Å². The molecule has 3 saturated carbocycles. The lowest BCUT2D eigenvalue weighted by atomic mass is 9.47. The second-order valence-corrected chi connectivity index (χ2v) is 14.2. The van der Waals surface area contributed by atoms with E-state index in [9.17, 15) is 14.7 Å². The van der Waals surface area contributed by atoms with Crippen LogP contribution in [0.3, 0.4) is 0 Å². The van der Waals surface area contributed by atoms with E-state index in [1.54, 1.807) is 12.7 Å². The summed E-state index contributed by atoms with van der Waals surface area (Å²) in [5.74, 6) is 3.30. The SMILES string of the molecule is CC(C)CCC[C@@H](C)[C@H]1CC[C@H]2[C@@H]3CC=C4C[C@@H](O)CC[C@]4(C)[C@H]3CC[C@]12C.COCCO.O=C(O)CCC(=O)O. The van der Waals surface area contributed by atoms with E-state index in [0.29, 0.717) is 17.4 Å². The highest BCUT2D eigenvalue weighted by Crippen LogP contribution is 2.67. The largest absolute Gasteiger partial charge is 0.481 e. The molecule has 0 aromatic rings. The number of methoxy groups -OCH3 is 1. The van der Waals surface area contributed by atoms with Crippen LogP contribution in [0.2, 0.25) is 0 Å². The first kappa shape index (κ1) is 35.8. The monoisotopic (exact) mass is 580 g/mol. The van der Waals surface area contributed by atoms with Gasteiger partial charge in [0.05, 0.1) is 32.2 Å². The van der Waals surface area contributed by atoms with Crippen LogP contribution in [0.1, 0.15) is 118 Å². The number of fused-ring (bicyclic) bond motifs is 5. The van der Waals surface area contributed by atoms with E-state index >= 15 is 0 Å². The molecule has 0 amide bonds. The molecule has 4 rings (SSSR count). The molecule has 0 bridgehead atoms. The maximum atomic E-state index is 10.2. The highest BCUT2D eigenvalue weighted by Gasteiger charge is 2.59. The molecular formula is C34H60O7. The summed E-state index contributed by atoms with van der Waals surface area (Å²) < 4.78 is 4.44. The quantitative estimate of drug-likeness (QED) is 0.206. The van der Waals surface area contributed by atoms with Crippen LogP contribution >= 0.6 is 0 Å². The molecule has 0 aromatic heterocycles. The van der Waals surface area contributed by atoms with Gasteiger partial charge in [-0.05, 0) is 97.7 Å². The molecule has 8 atom stereocenters. The Morgan fingerprint density at radius 2 is 1.63 bits per heavy atom. The molecule has 0 saturated heterocycles. The zero-order valence-electron chi connectivity index (χ0n) is 26.7. The molecule has 41 heavy (non-hydrogen) atoms. The van der Waals surface area contributed by atoms with Gasteiger partial charge >= 0.3 is 11.9 Å². The Morgan fingerprint density at radius 1 is 0.976 bits per heavy atom. The lowest BCUT2D eigenvalue weighted by Crippen LogP contribution is -2.50. The molecule has 4 aliphatic carbocycles. The Morgan fingerprint density at radius 3 is 2.17 bits per heavy atom. The molecule has 0 aromatic carbocycles. The van der Waals surface area contributed by atoms with Gasteiger partial charge in [0, 0.05) is 7.11 Å². The molecule has 0 aliphatic heterocycles. The summed E-state index contributed by atoms with van der Waals surface area (Å²) in [5, 5.41) is 33.9. The zero-order chi connectivity index (χ0) is 30.8. The molecule has 0 radical (unpaired) electrons. The second kappa shape index (κ2) is 16.4. The van der Waals surface area contributed by atoms with Crippen molar-refractivity contribution in [3.05, 3.63) is 11.6 Å². The van der Waals surface area contributed by atoms with Gasteiger partial charge in [-0.25, -0.2) is 0 Å². The first-order valence-corrected chi connectivity index (χ1v) is 16.2. The number of aliphatic carboxylic acids is 2. The number of hydrogen-bond acceptors (Lipinski definition) is 5. The second-order valence-electron chi connectivity index (χ2n) is 14.2. The van der Waals surface area contributed by atoms with Crippen LogP contribution < -0.4 is 0 Å². The fourth-order valence-electron chi connectivity index (χ4n) is 8.97. The number of hydrogen-bond donors (Lipinski definition) is 4. The van der Waals surface area contributed by atoms with Crippen LogP contribution in [0.5, 0.6) is 0 Å². The fraction of sp³-hybridized carbons (Fsp3) is 0.882. The molecule has 0 spiro atoms. The molecular weight excluding hydrogens is 520 g/mol. The number of carboxylic acids is 2. The van der Waals surface area contributed by atoms with Crippen molar-refractivity contribution in [3.63, 3.8) is 0 Å². The predicted octanol–water partition coefficient (Wildman–Crippen LogP) is 6.95. The van der Waals surface area contributed by atoms with Gasteiger partial charge in [-0.3, -0.25) is 9.59 Å². The van der Waals surface area contributed by atoms with Gasteiger partial charge in [0.2, 0.25) is 0 Å². The van der Waals surface area contributed by atoms with Crippen LogP contribution in [0.25, 0.3) is 0 Å². The molecule has 7 heteroatoms. The summed E-state index contributed by atoms with van der Waals surface area (Å²) in [6, 6.07) is 0. The lowest BCUT2D eigenvalue weighted by molar-refractivity contribution is -0.143. The Bertz CT molecular complexity index is 838. The van der Waals surface area contributed by atoms with Crippen molar-refractivity contribution in [3.8, 4) is 0 Å². The molecule has 238 valence electrons. The van der Waals surface area contributed by atoms with Gasteiger partial charge in [0.25, 0.3) is 0 Å². The smallest absolute Gasteiger partial charge is 0.303 e. The summed E-state index contributed by atoms with van der Waals surface area (Å²) in [4.78, 5) is 19.3. The van der Waals surface area contributed by atoms with Crippen LogP contribution in [-0.2, 0) is 14.3 Å². The first-order valence-electron chi connectivity index (χ1n) is 16.2. The average molecular weight is 581 g/mol. The van der Waals surface area contributed by atoms with E-state index in [1.165, 1.54) is 57.8 Å². The zero-order valence-corrected chi connectivity index (χ0v) is 26.7. The van der Waals surface area contributed by atoms with Crippen molar-refractivity contribution in [2.45, 2.75) is 124 Å². The summed E-state index contributed by atoms with van der Waals surface area (Å²) in [6.45, 7) is 13.1. The highest BCUT2D eigenvalue weighted by atomic mass is 16.5. The minimum absolute atomic E-state index is 0.0766. The van der Waals surface area contributed by atoms with Gasteiger partial charge in [-0.15, -0.1) is 0 Å². The maximum Gasteiger partial charge on any atom is 0.303 e. The van der Waals surface area contributed by atoms with E-state index in [0.717, 1.165) is 48.3 Å². The molecule has 0 heterocycles. The molecule has 4 aliphatic rings. The number of aliphatic hydroxyl groups excluding tert-OH is 2. The third-order valence-electron chi connectivity index (χ3n) is 11.1. The van der Waals surface area contributed by atoms with Gasteiger partial charge in [0.15, 0.2) is 0 Å². The fourth-order valence-corrected chi connectivity index (χ4v) is 8.97. The molecule has 0 unspecified atom stereocenters. The van der Waals surface area contributed by atoms with E-state index in [2.05, 4.69) is 45.4 Å². The number of ether oxygens (including phenoxy) is 1. The van der Waals surface area contributed by atoms with Crippen molar-refractivity contribution in [2.24, 2.45) is 46.3 Å². The summed E-state index contributed by atoms with van der Waals surface area (Å²) in [6.07, 6.45) is 16.6. The standard InChI is InChI=1S/C27H46O.C4H6O4.C3H8O2/c1-18(2)7-6-8-19(3)23-11-12-24-22-10-9-20-17-21(28)13-15-26(20,4)25(22)14-16-27(23,24)5;5-3(6)1-2-4(7)8;1-5-3-2-4/h9,18-19,21-25,28H,6-8,10-17H2,1-5H3;1-2H2,(H,5,6)(H,7,8);4H,2-3H2,1H3/t19-,21+,22+,23-,24+,25+,26+,27-;;/m1../s1. The van der Waals surface area contributed by atoms with Gasteiger partial charge in [0.1, 0.15) is 0 Å². The van der Waals surface area contributed by atoms with Crippen molar-refractivity contribution in [2.75, 3.05) is 20.3 Å². The number of allylic oxidation sites excluding steroid dienone is 1. The van der Waals surface area contributed by atoms with Crippen molar-refractivity contribution >= 4 is 11.9 Å². The van der Waals surface area contributed by atoms with E-state index in [1.807, 2.05) is 0 Å². The number of aliphatic hydroxyl groups is 2. The third kappa shape index (κ3) is 9.53. The van der Waals surface area contributed by atoms with Crippen molar-refractivity contribution in [1.29, 1.82) is 0 Å². The normalized spacial score (nSPS) is 34.5. The summed E-state index contributed by atoms with van der Waals surface area (Å²) in [5.41, 5.74) is 2.60. The van der Waals surface area contributed by atoms with Gasteiger partial charge in [-0.2, -0.15) is 0 Å².